The number of halogens is 1. The van der Waals surface area contributed by atoms with Crippen molar-refractivity contribution in [3.05, 3.63) is 41.1 Å². The lowest BCUT2D eigenvalue weighted by atomic mass is 10.2. The number of furan rings is 1. The van der Waals surface area contributed by atoms with Crippen molar-refractivity contribution in [2.75, 3.05) is 0 Å². The highest BCUT2D eigenvalue weighted by molar-refractivity contribution is 9.10. The third-order valence-electron chi connectivity index (χ3n) is 2.48. The molecule has 0 spiro atoms. The number of hydrogen-bond donors (Lipinski definition) is 0. The first kappa shape index (κ1) is 9.59. The molecule has 5 heteroatoms. The smallest absolute Gasteiger partial charge is 0.204 e. The Morgan fingerprint density at radius 2 is 2.12 bits per heavy atom. The van der Waals surface area contributed by atoms with Crippen LogP contribution >= 0.6 is 15.9 Å². The predicted octanol–water partition coefficient (Wildman–Crippen LogP) is 3.08. The fraction of sp³-hybridized carbons (Fsp3) is 0.0909. The molecule has 0 aliphatic heterocycles. The Morgan fingerprint density at radius 3 is 2.88 bits per heavy atom. The first-order chi connectivity index (χ1) is 7.75. The minimum Gasteiger partial charge on any atom is -0.464 e. The van der Waals surface area contributed by atoms with E-state index in [1.54, 1.807) is 6.26 Å². The fourth-order valence-electron chi connectivity index (χ4n) is 1.72. The van der Waals surface area contributed by atoms with E-state index >= 15 is 0 Å². The Balaban J connectivity index is 2.25. The molecule has 0 radical (unpaired) electrons. The van der Waals surface area contributed by atoms with E-state index in [1.165, 1.54) is 0 Å². The van der Waals surface area contributed by atoms with Crippen molar-refractivity contribution in [3.8, 4) is 5.69 Å². The number of hydrogen-bond acceptors (Lipinski definition) is 3. The van der Waals surface area contributed by atoms with Gasteiger partial charge in [0.05, 0.1) is 12.0 Å². The summed E-state index contributed by atoms with van der Waals surface area (Å²) in [5.41, 5.74) is 1.90. The lowest BCUT2D eigenvalue weighted by Crippen LogP contribution is -1.96. The normalized spacial score (nSPS) is 11.1. The zero-order valence-corrected chi connectivity index (χ0v) is 10.1. The molecule has 0 bridgehead atoms. The van der Waals surface area contributed by atoms with Gasteiger partial charge in [0.2, 0.25) is 4.73 Å². The molecule has 1 aromatic carbocycles. The second-order valence-corrected chi connectivity index (χ2v) is 4.20. The van der Waals surface area contributed by atoms with Gasteiger partial charge < -0.3 is 4.42 Å². The summed E-state index contributed by atoms with van der Waals surface area (Å²) in [7, 11) is 0. The van der Waals surface area contributed by atoms with Crippen molar-refractivity contribution in [1.29, 1.82) is 0 Å². The summed E-state index contributed by atoms with van der Waals surface area (Å²) < 4.78 is 7.94. The van der Waals surface area contributed by atoms with Gasteiger partial charge in [0.1, 0.15) is 11.4 Å². The number of fused-ring (bicyclic) bond motifs is 1. The second kappa shape index (κ2) is 3.45. The fourth-order valence-corrected chi connectivity index (χ4v) is 2.26. The van der Waals surface area contributed by atoms with Crippen LogP contribution in [0, 0.1) is 6.92 Å². The SMILES string of the molecule is Cc1nnc(Br)n1-c1ccc2occc2c1. The van der Waals surface area contributed by atoms with E-state index in [0.29, 0.717) is 4.73 Å². The molecule has 0 unspecified atom stereocenters. The maximum atomic E-state index is 5.30. The van der Waals surface area contributed by atoms with Gasteiger partial charge in [-0.25, -0.2) is 0 Å². The lowest BCUT2D eigenvalue weighted by molar-refractivity contribution is 0.616. The van der Waals surface area contributed by atoms with Gasteiger partial charge in [-0.15, -0.1) is 10.2 Å². The molecule has 0 N–H and O–H groups in total. The van der Waals surface area contributed by atoms with Crippen LogP contribution in [0.2, 0.25) is 0 Å². The van der Waals surface area contributed by atoms with Gasteiger partial charge in [-0.05, 0) is 47.1 Å². The molecule has 0 amide bonds. The zero-order valence-electron chi connectivity index (χ0n) is 8.51. The Bertz CT molecular complexity index is 637. The number of benzene rings is 1. The minimum absolute atomic E-state index is 0.702. The van der Waals surface area contributed by atoms with Crippen molar-refractivity contribution < 1.29 is 4.42 Å². The molecule has 0 atom stereocenters. The largest absolute Gasteiger partial charge is 0.464 e. The van der Waals surface area contributed by atoms with Gasteiger partial charge >= 0.3 is 0 Å². The van der Waals surface area contributed by atoms with E-state index in [-0.39, 0.29) is 0 Å². The molecule has 3 aromatic rings. The third-order valence-corrected chi connectivity index (χ3v) is 2.99. The molecule has 4 nitrogen and oxygen atoms in total. The second-order valence-electron chi connectivity index (χ2n) is 3.49. The average molecular weight is 278 g/mol. The van der Waals surface area contributed by atoms with Crippen LogP contribution in [0.25, 0.3) is 16.7 Å². The molecule has 80 valence electrons. The van der Waals surface area contributed by atoms with Crippen molar-refractivity contribution in [3.63, 3.8) is 0 Å². The highest BCUT2D eigenvalue weighted by atomic mass is 79.9. The molecule has 0 saturated heterocycles. The predicted molar refractivity (Wildman–Crippen MR) is 63.6 cm³/mol. The highest BCUT2D eigenvalue weighted by Crippen LogP contribution is 2.22. The minimum atomic E-state index is 0.702. The van der Waals surface area contributed by atoms with E-state index < -0.39 is 0 Å². The van der Waals surface area contributed by atoms with Gasteiger partial charge in [0, 0.05) is 5.39 Å². The molecule has 16 heavy (non-hydrogen) atoms. The number of aryl methyl sites for hydroxylation is 1. The Labute approximate surface area is 100 Å². The summed E-state index contributed by atoms with van der Waals surface area (Å²) in [6.07, 6.45) is 1.68. The maximum absolute atomic E-state index is 5.30. The number of rotatable bonds is 1. The van der Waals surface area contributed by atoms with Crippen molar-refractivity contribution in [2.45, 2.75) is 6.92 Å². The van der Waals surface area contributed by atoms with Crippen LogP contribution in [0.1, 0.15) is 5.82 Å². The maximum Gasteiger partial charge on any atom is 0.204 e. The molecule has 3 rings (SSSR count). The lowest BCUT2D eigenvalue weighted by Gasteiger charge is -2.04. The van der Waals surface area contributed by atoms with Crippen LogP contribution < -0.4 is 0 Å². The zero-order chi connectivity index (χ0) is 11.1. The van der Waals surface area contributed by atoms with Crippen molar-refractivity contribution >= 4 is 26.9 Å². The Kier molecular flexibility index (Phi) is 2.07. The standard InChI is InChI=1S/C11H8BrN3O/c1-7-13-14-11(12)15(7)9-2-3-10-8(6-9)4-5-16-10/h2-6H,1H3. The summed E-state index contributed by atoms with van der Waals surface area (Å²) in [6, 6.07) is 7.90. The Hall–Kier alpha value is -1.62. The first-order valence-corrected chi connectivity index (χ1v) is 5.60. The quantitative estimate of drug-likeness (QED) is 0.687. The van der Waals surface area contributed by atoms with Crippen LogP contribution in [0.15, 0.2) is 39.7 Å². The van der Waals surface area contributed by atoms with Gasteiger partial charge in [0.25, 0.3) is 0 Å². The van der Waals surface area contributed by atoms with Gasteiger partial charge in [-0.2, -0.15) is 0 Å². The summed E-state index contributed by atoms with van der Waals surface area (Å²) in [5, 5.41) is 9.04. The van der Waals surface area contributed by atoms with Crippen LogP contribution in [-0.4, -0.2) is 14.8 Å². The van der Waals surface area contributed by atoms with E-state index in [0.717, 1.165) is 22.5 Å². The summed E-state index contributed by atoms with van der Waals surface area (Å²) in [5.74, 6) is 0.842. The van der Waals surface area contributed by atoms with E-state index in [9.17, 15) is 0 Å². The molecular formula is C11H8BrN3O. The topological polar surface area (TPSA) is 43.9 Å². The average Bonchev–Trinajstić information content (AvgIpc) is 2.85. The van der Waals surface area contributed by atoms with E-state index in [4.69, 9.17) is 4.42 Å². The first-order valence-electron chi connectivity index (χ1n) is 4.81. The molecule has 0 fully saturated rings. The number of aromatic nitrogens is 3. The molecule has 2 aromatic heterocycles. The monoisotopic (exact) mass is 277 g/mol. The summed E-state index contributed by atoms with van der Waals surface area (Å²) in [6.45, 7) is 1.91. The Morgan fingerprint density at radius 1 is 1.25 bits per heavy atom. The molecular weight excluding hydrogens is 270 g/mol. The van der Waals surface area contributed by atoms with Crippen LogP contribution in [-0.2, 0) is 0 Å². The highest BCUT2D eigenvalue weighted by Gasteiger charge is 2.08. The molecule has 0 aliphatic carbocycles. The molecule has 2 heterocycles. The molecule has 0 aliphatic rings. The van der Waals surface area contributed by atoms with Crippen molar-refractivity contribution in [2.24, 2.45) is 0 Å². The van der Waals surface area contributed by atoms with E-state index in [2.05, 4.69) is 26.1 Å². The van der Waals surface area contributed by atoms with Crippen LogP contribution in [0.3, 0.4) is 0 Å². The van der Waals surface area contributed by atoms with Crippen LogP contribution in [0.4, 0.5) is 0 Å². The summed E-state index contributed by atoms with van der Waals surface area (Å²) in [4.78, 5) is 0. The van der Waals surface area contributed by atoms with E-state index in [1.807, 2.05) is 35.8 Å². The molecule has 0 saturated carbocycles. The van der Waals surface area contributed by atoms with Gasteiger partial charge in [-0.3, -0.25) is 4.57 Å². The summed E-state index contributed by atoms with van der Waals surface area (Å²) >= 11 is 3.37. The van der Waals surface area contributed by atoms with Crippen molar-refractivity contribution in [1.82, 2.24) is 14.8 Å². The number of nitrogens with zero attached hydrogens (tertiary/aromatic N) is 3. The van der Waals surface area contributed by atoms with Crippen LogP contribution in [0.5, 0.6) is 0 Å². The third kappa shape index (κ3) is 1.36. The van der Waals surface area contributed by atoms with Gasteiger partial charge in [0.15, 0.2) is 0 Å². The van der Waals surface area contributed by atoms with Gasteiger partial charge in [-0.1, -0.05) is 0 Å².